The summed E-state index contributed by atoms with van der Waals surface area (Å²) in [7, 11) is 0. The summed E-state index contributed by atoms with van der Waals surface area (Å²) < 4.78 is 0. The van der Waals surface area contributed by atoms with E-state index in [0.717, 1.165) is 31.5 Å². The predicted molar refractivity (Wildman–Crippen MR) is 80.7 cm³/mol. The van der Waals surface area contributed by atoms with Gasteiger partial charge in [-0.25, -0.2) is 0 Å². The molecule has 20 heavy (non-hydrogen) atoms. The molecule has 1 unspecified atom stereocenters. The Morgan fingerprint density at radius 3 is 2.40 bits per heavy atom. The number of carboxylic acid groups (broad SMARTS) is 1. The van der Waals surface area contributed by atoms with Crippen LogP contribution in [0.1, 0.15) is 51.0 Å². The lowest BCUT2D eigenvalue weighted by Gasteiger charge is -2.46. The molecule has 3 heteroatoms. The van der Waals surface area contributed by atoms with Gasteiger partial charge in [0, 0.05) is 0 Å². The number of hydrogen-bond donors (Lipinski definition) is 1. The molecular weight excluding hydrogens is 250 g/mol. The Bertz CT molecular complexity index is 426. The van der Waals surface area contributed by atoms with Crippen molar-refractivity contribution in [2.45, 2.75) is 51.0 Å². The van der Waals surface area contributed by atoms with Crippen LogP contribution in [0.15, 0.2) is 30.3 Å². The number of carbonyl (C=O) groups is 1. The zero-order valence-corrected chi connectivity index (χ0v) is 12.3. The van der Waals surface area contributed by atoms with Gasteiger partial charge in [0.05, 0.1) is 12.0 Å². The fourth-order valence-electron chi connectivity index (χ4n) is 3.52. The molecule has 0 aromatic heterocycles. The van der Waals surface area contributed by atoms with E-state index in [1.807, 2.05) is 18.2 Å². The summed E-state index contributed by atoms with van der Waals surface area (Å²) >= 11 is 0. The minimum atomic E-state index is -0.701. The van der Waals surface area contributed by atoms with Crippen molar-refractivity contribution in [3.05, 3.63) is 35.9 Å². The molecule has 0 radical (unpaired) electrons. The van der Waals surface area contributed by atoms with Crippen LogP contribution in [0.5, 0.6) is 0 Å². The Balaban J connectivity index is 2.40. The Morgan fingerprint density at radius 2 is 1.85 bits per heavy atom. The van der Waals surface area contributed by atoms with Crippen LogP contribution in [0, 0.1) is 0 Å². The zero-order valence-electron chi connectivity index (χ0n) is 12.3. The van der Waals surface area contributed by atoms with Gasteiger partial charge in [0.2, 0.25) is 0 Å². The van der Waals surface area contributed by atoms with Crippen molar-refractivity contribution in [1.29, 1.82) is 0 Å². The molecular formula is C17H25NO2. The lowest BCUT2D eigenvalue weighted by atomic mass is 9.79. The van der Waals surface area contributed by atoms with Crippen LogP contribution in [0.4, 0.5) is 0 Å². The van der Waals surface area contributed by atoms with E-state index in [2.05, 4.69) is 24.0 Å². The number of rotatable bonds is 6. The number of likely N-dealkylation sites (tertiary alicyclic amines) is 1. The van der Waals surface area contributed by atoms with E-state index in [1.165, 1.54) is 19.3 Å². The van der Waals surface area contributed by atoms with Gasteiger partial charge < -0.3 is 5.11 Å². The van der Waals surface area contributed by atoms with Crippen molar-refractivity contribution in [3.8, 4) is 0 Å². The third kappa shape index (κ3) is 3.21. The summed E-state index contributed by atoms with van der Waals surface area (Å²) in [5.41, 5.74) is 0.827. The minimum Gasteiger partial charge on any atom is -0.481 e. The Kier molecular flexibility index (Phi) is 5.18. The maximum atomic E-state index is 11.5. The number of piperidine rings is 1. The topological polar surface area (TPSA) is 40.5 Å². The largest absolute Gasteiger partial charge is 0.481 e. The predicted octanol–water partition coefficient (Wildman–Crippen LogP) is 3.64. The van der Waals surface area contributed by atoms with E-state index in [-0.39, 0.29) is 12.0 Å². The highest BCUT2D eigenvalue weighted by Crippen LogP contribution is 2.38. The van der Waals surface area contributed by atoms with Crippen LogP contribution >= 0.6 is 0 Å². The van der Waals surface area contributed by atoms with Gasteiger partial charge in [0.15, 0.2) is 0 Å². The number of aliphatic carboxylic acids is 1. The van der Waals surface area contributed by atoms with Gasteiger partial charge in [-0.2, -0.15) is 0 Å². The molecule has 1 saturated heterocycles. The van der Waals surface area contributed by atoms with Crippen LogP contribution in [0.3, 0.4) is 0 Å². The molecule has 1 atom stereocenters. The second kappa shape index (κ2) is 6.89. The normalized spacial score (nSPS) is 19.4. The third-order valence-corrected chi connectivity index (χ3v) is 4.38. The lowest BCUT2D eigenvalue weighted by molar-refractivity contribution is -0.141. The summed E-state index contributed by atoms with van der Waals surface area (Å²) in [6.45, 7) is 4.17. The van der Waals surface area contributed by atoms with Crippen LogP contribution in [-0.2, 0) is 10.3 Å². The molecule has 3 nitrogen and oxygen atoms in total. The summed E-state index contributed by atoms with van der Waals surface area (Å²) in [5, 5.41) is 9.44. The molecule has 1 aromatic carbocycles. The molecule has 0 spiro atoms. The number of nitrogens with zero attached hydrogens (tertiary/aromatic N) is 1. The van der Waals surface area contributed by atoms with E-state index in [4.69, 9.17) is 0 Å². The van der Waals surface area contributed by atoms with E-state index in [1.54, 1.807) is 0 Å². The number of benzene rings is 1. The maximum Gasteiger partial charge on any atom is 0.305 e. The first kappa shape index (κ1) is 15.0. The zero-order chi connectivity index (χ0) is 14.4. The average Bonchev–Trinajstić information content (AvgIpc) is 2.48. The standard InChI is InChI=1S/C17H25NO2/c1-2-11-17(14-16(19)20,15-9-5-3-6-10-15)18-12-7-4-8-13-18/h3,5-6,9-10H,2,4,7-8,11-14H2,1H3,(H,19,20). The quantitative estimate of drug-likeness (QED) is 0.861. The Labute approximate surface area is 121 Å². The van der Waals surface area contributed by atoms with Gasteiger partial charge in [-0.05, 0) is 37.9 Å². The number of carboxylic acids is 1. The molecule has 0 amide bonds. The van der Waals surface area contributed by atoms with Crippen LogP contribution in [-0.4, -0.2) is 29.1 Å². The summed E-state index contributed by atoms with van der Waals surface area (Å²) in [4.78, 5) is 13.9. The van der Waals surface area contributed by atoms with Crippen LogP contribution in [0.2, 0.25) is 0 Å². The lowest BCUT2D eigenvalue weighted by Crippen LogP contribution is -2.49. The fourth-order valence-corrected chi connectivity index (χ4v) is 3.52. The van der Waals surface area contributed by atoms with Gasteiger partial charge in [-0.3, -0.25) is 9.69 Å². The van der Waals surface area contributed by atoms with Gasteiger partial charge >= 0.3 is 5.97 Å². The Morgan fingerprint density at radius 1 is 1.20 bits per heavy atom. The molecule has 1 fully saturated rings. The highest BCUT2D eigenvalue weighted by atomic mass is 16.4. The molecule has 2 rings (SSSR count). The van der Waals surface area contributed by atoms with Crippen LogP contribution < -0.4 is 0 Å². The van der Waals surface area contributed by atoms with E-state index in [9.17, 15) is 9.90 Å². The Hall–Kier alpha value is -1.35. The highest BCUT2D eigenvalue weighted by Gasteiger charge is 2.40. The molecule has 1 aliphatic heterocycles. The first-order valence-corrected chi connectivity index (χ1v) is 7.71. The summed E-state index contributed by atoms with van der Waals surface area (Å²) in [5.74, 6) is -0.701. The monoisotopic (exact) mass is 275 g/mol. The molecule has 110 valence electrons. The van der Waals surface area contributed by atoms with Gasteiger partial charge in [-0.15, -0.1) is 0 Å². The van der Waals surface area contributed by atoms with Crippen molar-refractivity contribution in [3.63, 3.8) is 0 Å². The van der Waals surface area contributed by atoms with Gasteiger partial charge in [0.1, 0.15) is 0 Å². The second-order valence-electron chi connectivity index (χ2n) is 5.77. The van der Waals surface area contributed by atoms with Crippen molar-refractivity contribution in [2.24, 2.45) is 0 Å². The van der Waals surface area contributed by atoms with Crippen LogP contribution in [0.25, 0.3) is 0 Å². The molecule has 0 bridgehead atoms. The fraction of sp³-hybridized carbons (Fsp3) is 0.588. The average molecular weight is 275 g/mol. The van der Waals surface area contributed by atoms with Gasteiger partial charge in [0.25, 0.3) is 0 Å². The molecule has 1 aromatic rings. The molecule has 0 aliphatic carbocycles. The molecule has 1 aliphatic rings. The highest BCUT2D eigenvalue weighted by molar-refractivity contribution is 5.69. The SMILES string of the molecule is CCCC(CC(=O)O)(c1ccccc1)N1CCCCC1. The first-order valence-electron chi connectivity index (χ1n) is 7.71. The second-order valence-corrected chi connectivity index (χ2v) is 5.77. The van der Waals surface area contributed by atoms with Crippen molar-refractivity contribution in [1.82, 2.24) is 4.90 Å². The first-order chi connectivity index (χ1) is 9.69. The van der Waals surface area contributed by atoms with Gasteiger partial charge in [-0.1, -0.05) is 50.1 Å². The maximum absolute atomic E-state index is 11.5. The minimum absolute atomic E-state index is 0.199. The van der Waals surface area contributed by atoms with Crippen molar-refractivity contribution in [2.75, 3.05) is 13.1 Å². The van der Waals surface area contributed by atoms with E-state index < -0.39 is 5.97 Å². The summed E-state index contributed by atoms with van der Waals surface area (Å²) in [6, 6.07) is 10.2. The third-order valence-electron chi connectivity index (χ3n) is 4.38. The van der Waals surface area contributed by atoms with Crippen molar-refractivity contribution < 1.29 is 9.90 Å². The smallest absolute Gasteiger partial charge is 0.305 e. The van der Waals surface area contributed by atoms with E-state index in [0.29, 0.717) is 0 Å². The molecule has 1 N–H and O–H groups in total. The van der Waals surface area contributed by atoms with E-state index >= 15 is 0 Å². The molecule has 0 saturated carbocycles. The number of hydrogen-bond acceptors (Lipinski definition) is 2. The summed E-state index contributed by atoms with van der Waals surface area (Å²) in [6.07, 6.45) is 5.73. The molecule has 1 heterocycles. The van der Waals surface area contributed by atoms with Crippen molar-refractivity contribution >= 4 is 5.97 Å².